The molecule has 1 unspecified atom stereocenters. The predicted molar refractivity (Wildman–Crippen MR) is 90.0 cm³/mol. The van der Waals surface area contributed by atoms with Crippen LogP contribution in [-0.4, -0.2) is 11.1 Å². The molecule has 0 spiro atoms. The van der Waals surface area contributed by atoms with Crippen LogP contribution in [0.2, 0.25) is 0 Å². The summed E-state index contributed by atoms with van der Waals surface area (Å²) in [4.78, 5) is 12.1. The van der Waals surface area contributed by atoms with E-state index in [1.807, 2.05) is 48.5 Å². The molecular formula is C20H24O2. The lowest BCUT2D eigenvalue weighted by molar-refractivity contribution is -0.144. The molecule has 0 aromatic heterocycles. The Morgan fingerprint density at radius 2 is 1.55 bits per heavy atom. The summed E-state index contributed by atoms with van der Waals surface area (Å²) in [7, 11) is 0. The highest BCUT2D eigenvalue weighted by molar-refractivity contribution is 5.81. The van der Waals surface area contributed by atoms with E-state index in [0.29, 0.717) is 12.8 Å². The second-order valence-corrected chi connectivity index (χ2v) is 5.84. The van der Waals surface area contributed by atoms with Gasteiger partial charge in [0, 0.05) is 0 Å². The fraction of sp³-hybridized carbons (Fsp3) is 0.350. The van der Waals surface area contributed by atoms with Gasteiger partial charge in [-0.25, -0.2) is 0 Å². The summed E-state index contributed by atoms with van der Waals surface area (Å²) in [5.74, 6) is -0.705. The standard InChI is InChI=1S/C20H24O2/c1-2-3-15-20(19(21)22,18-12-8-5-9-13-18)16-14-17-10-6-4-7-11-17/h4-13H,2-3,14-16H2,1H3,(H,21,22). The Morgan fingerprint density at radius 1 is 0.955 bits per heavy atom. The fourth-order valence-corrected chi connectivity index (χ4v) is 2.99. The van der Waals surface area contributed by atoms with Gasteiger partial charge in [0.2, 0.25) is 0 Å². The number of carboxylic acid groups (broad SMARTS) is 1. The first-order valence-electron chi connectivity index (χ1n) is 8.02. The Morgan fingerprint density at radius 3 is 2.09 bits per heavy atom. The topological polar surface area (TPSA) is 37.3 Å². The van der Waals surface area contributed by atoms with Crippen LogP contribution in [0.4, 0.5) is 0 Å². The molecule has 0 radical (unpaired) electrons. The third-order valence-electron chi connectivity index (χ3n) is 4.38. The lowest BCUT2D eigenvalue weighted by Gasteiger charge is -2.30. The molecule has 2 aromatic carbocycles. The summed E-state index contributed by atoms with van der Waals surface area (Å²) >= 11 is 0. The van der Waals surface area contributed by atoms with Crippen molar-refractivity contribution in [2.75, 3.05) is 0 Å². The molecule has 0 bridgehead atoms. The van der Waals surface area contributed by atoms with Gasteiger partial charge in [-0.2, -0.15) is 0 Å². The molecule has 0 saturated heterocycles. The lowest BCUT2D eigenvalue weighted by atomic mass is 9.72. The van der Waals surface area contributed by atoms with Gasteiger partial charge >= 0.3 is 5.97 Å². The quantitative estimate of drug-likeness (QED) is 0.757. The number of hydrogen-bond acceptors (Lipinski definition) is 1. The van der Waals surface area contributed by atoms with Crippen LogP contribution in [0.15, 0.2) is 60.7 Å². The molecule has 2 heteroatoms. The van der Waals surface area contributed by atoms with Crippen molar-refractivity contribution in [2.45, 2.75) is 44.4 Å². The van der Waals surface area contributed by atoms with E-state index < -0.39 is 11.4 Å². The third kappa shape index (κ3) is 3.76. The molecule has 0 aliphatic heterocycles. The van der Waals surface area contributed by atoms with E-state index in [9.17, 15) is 9.90 Å². The Balaban J connectivity index is 2.29. The Hall–Kier alpha value is -2.09. The number of hydrogen-bond donors (Lipinski definition) is 1. The summed E-state index contributed by atoms with van der Waals surface area (Å²) in [5, 5.41) is 9.98. The second kappa shape index (κ2) is 7.79. The highest BCUT2D eigenvalue weighted by Gasteiger charge is 2.39. The molecular weight excluding hydrogens is 272 g/mol. The van der Waals surface area contributed by atoms with Crippen molar-refractivity contribution in [3.63, 3.8) is 0 Å². The van der Waals surface area contributed by atoms with E-state index in [-0.39, 0.29) is 0 Å². The number of aryl methyl sites for hydroxylation is 1. The first-order chi connectivity index (χ1) is 10.7. The summed E-state index contributed by atoms with van der Waals surface area (Å²) < 4.78 is 0. The average Bonchev–Trinajstić information content (AvgIpc) is 2.57. The summed E-state index contributed by atoms with van der Waals surface area (Å²) in [5.41, 5.74) is 1.33. The highest BCUT2D eigenvalue weighted by Crippen LogP contribution is 2.35. The van der Waals surface area contributed by atoms with Gasteiger partial charge in [0.25, 0.3) is 0 Å². The summed E-state index contributed by atoms with van der Waals surface area (Å²) in [6.07, 6.45) is 4.04. The largest absolute Gasteiger partial charge is 0.481 e. The van der Waals surface area contributed by atoms with Crippen molar-refractivity contribution in [3.8, 4) is 0 Å². The minimum absolute atomic E-state index is 0.635. The van der Waals surface area contributed by atoms with Gasteiger partial charge in [0.05, 0.1) is 5.41 Å². The molecule has 1 atom stereocenters. The summed E-state index contributed by atoms with van der Waals surface area (Å²) in [6.45, 7) is 2.11. The first kappa shape index (κ1) is 16.3. The SMILES string of the molecule is CCCCC(CCc1ccccc1)(C(=O)O)c1ccccc1. The Bertz CT molecular complexity index is 577. The van der Waals surface area contributed by atoms with Gasteiger partial charge < -0.3 is 5.11 Å². The zero-order chi connectivity index (χ0) is 15.8. The minimum atomic E-state index is -0.785. The average molecular weight is 296 g/mol. The monoisotopic (exact) mass is 296 g/mol. The van der Waals surface area contributed by atoms with Crippen LogP contribution in [0, 0.1) is 0 Å². The highest BCUT2D eigenvalue weighted by atomic mass is 16.4. The maximum Gasteiger partial charge on any atom is 0.314 e. The molecule has 116 valence electrons. The molecule has 0 amide bonds. The van der Waals surface area contributed by atoms with Gasteiger partial charge in [-0.15, -0.1) is 0 Å². The number of carboxylic acids is 1. The second-order valence-electron chi connectivity index (χ2n) is 5.84. The minimum Gasteiger partial charge on any atom is -0.481 e. The molecule has 0 heterocycles. The Kier molecular flexibility index (Phi) is 5.76. The van der Waals surface area contributed by atoms with Gasteiger partial charge in [0.1, 0.15) is 0 Å². The maximum absolute atomic E-state index is 12.1. The van der Waals surface area contributed by atoms with Crippen LogP contribution in [0.1, 0.15) is 43.7 Å². The lowest BCUT2D eigenvalue weighted by Crippen LogP contribution is -2.36. The van der Waals surface area contributed by atoms with E-state index in [4.69, 9.17) is 0 Å². The van der Waals surface area contributed by atoms with E-state index in [1.165, 1.54) is 5.56 Å². The van der Waals surface area contributed by atoms with Gasteiger partial charge in [0.15, 0.2) is 0 Å². The predicted octanol–water partition coefficient (Wildman–Crippen LogP) is 4.83. The molecule has 1 N–H and O–H groups in total. The van der Waals surface area contributed by atoms with Crippen molar-refractivity contribution in [1.29, 1.82) is 0 Å². The number of benzene rings is 2. The van der Waals surface area contributed by atoms with Crippen LogP contribution in [0.5, 0.6) is 0 Å². The number of aliphatic carboxylic acids is 1. The van der Waals surface area contributed by atoms with Gasteiger partial charge in [-0.3, -0.25) is 4.79 Å². The first-order valence-corrected chi connectivity index (χ1v) is 8.02. The number of rotatable bonds is 8. The van der Waals surface area contributed by atoms with Gasteiger partial charge in [-0.1, -0.05) is 80.4 Å². The zero-order valence-electron chi connectivity index (χ0n) is 13.2. The molecule has 2 nitrogen and oxygen atoms in total. The van der Waals surface area contributed by atoms with Crippen molar-refractivity contribution >= 4 is 5.97 Å². The van der Waals surface area contributed by atoms with E-state index in [1.54, 1.807) is 0 Å². The van der Waals surface area contributed by atoms with Crippen LogP contribution >= 0.6 is 0 Å². The zero-order valence-corrected chi connectivity index (χ0v) is 13.2. The van der Waals surface area contributed by atoms with E-state index in [2.05, 4.69) is 19.1 Å². The smallest absolute Gasteiger partial charge is 0.314 e. The summed E-state index contributed by atoms with van der Waals surface area (Å²) in [6, 6.07) is 19.8. The molecule has 0 saturated carbocycles. The van der Waals surface area contributed by atoms with Crippen LogP contribution < -0.4 is 0 Å². The molecule has 2 aromatic rings. The molecule has 0 fully saturated rings. The Labute approximate surface area is 132 Å². The van der Waals surface area contributed by atoms with Crippen molar-refractivity contribution < 1.29 is 9.90 Å². The fourth-order valence-electron chi connectivity index (χ4n) is 2.99. The van der Waals surface area contributed by atoms with E-state index in [0.717, 1.165) is 24.8 Å². The van der Waals surface area contributed by atoms with Crippen molar-refractivity contribution in [1.82, 2.24) is 0 Å². The maximum atomic E-state index is 12.1. The molecule has 2 rings (SSSR count). The van der Waals surface area contributed by atoms with E-state index >= 15 is 0 Å². The van der Waals surface area contributed by atoms with Gasteiger partial charge in [-0.05, 0) is 30.4 Å². The van der Waals surface area contributed by atoms with Crippen molar-refractivity contribution in [2.24, 2.45) is 0 Å². The molecule has 0 aliphatic carbocycles. The normalized spacial score (nSPS) is 13.5. The molecule has 0 aliphatic rings. The third-order valence-corrected chi connectivity index (χ3v) is 4.38. The van der Waals surface area contributed by atoms with Crippen molar-refractivity contribution in [3.05, 3.63) is 71.8 Å². The number of unbranched alkanes of at least 4 members (excludes halogenated alkanes) is 1. The van der Waals surface area contributed by atoms with Crippen LogP contribution in [0.25, 0.3) is 0 Å². The van der Waals surface area contributed by atoms with Crippen LogP contribution in [-0.2, 0) is 16.6 Å². The number of carbonyl (C=O) groups is 1. The van der Waals surface area contributed by atoms with Crippen LogP contribution in [0.3, 0.4) is 0 Å². The molecule has 22 heavy (non-hydrogen) atoms.